The van der Waals surface area contributed by atoms with Gasteiger partial charge in [-0.15, -0.1) is 0 Å². The number of aliphatic hydroxyl groups excluding tert-OH is 1. The van der Waals surface area contributed by atoms with Crippen LogP contribution in [0.5, 0.6) is 11.5 Å². The molecule has 0 saturated heterocycles. The molecular weight excluding hydrogens is 501 g/mol. The number of hydrogen-bond donors (Lipinski definition) is 1. The molecule has 1 aliphatic carbocycles. The number of carbonyl (C=O) groups is 1. The summed E-state index contributed by atoms with van der Waals surface area (Å²) in [7, 11) is 4.47. The van der Waals surface area contributed by atoms with E-state index in [0.717, 1.165) is 48.1 Å². The van der Waals surface area contributed by atoms with Gasteiger partial charge in [0.1, 0.15) is 18.1 Å². The van der Waals surface area contributed by atoms with Crippen LogP contribution in [0.1, 0.15) is 61.1 Å². The lowest BCUT2D eigenvalue weighted by Crippen LogP contribution is -2.43. The number of ether oxygens (including phenoxy) is 2. The molecule has 1 saturated carbocycles. The third-order valence-corrected chi connectivity index (χ3v) is 7.00. The fraction of sp³-hybridized carbons (Fsp3) is 0.407. The average molecular weight is 532 g/mol. The molecule has 2 heterocycles. The highest BCUT2D eigenvalue weighted by Crippen LogP contribution is 2.50. The van der Waals surface area contributed by atoms with Gasteiger partial charge in [0.25, 0.3) is 5.91 Å². The number of fused-ring (bicyclic) bond motifs is 3. The van der Waals surface area contributed by atoms with Crippen molar-refractivity contribution < 1.29 is 19.4 Å². The summed E-state index contributed by atoms with van der Waals surface area (Å²) >= 11 is 12.7. The molecule has 0 bridgehead atoms. The van der Waals surface area contributed by atoms with Gasteiger partial charge in [-0.3, -0.25) is 4.79 Å². The Morgan fingerprint density at radius 1 is 1.14 bits per heavy atom. The zero-order valence-electron chi connectivity index (χ0n) is 21.4. The molecule has 1 aliphatic heterocycles. The predicted octanol–water partition coefficient (Wildman–Crippen LogP) is 6.10. The van der Waals surface area contributed by atoms with Crippen molar-refractivity contribution in [3.05, 3.63) is 57.2 Å². The first-order valence-corrected chi connectivity index (χ1v) is 12.5. The van der Waals surface area contributed by atoms with Gasteiger partial charge in [0, 0.05) is 46.9 Å². The molecule has 3 aromatic rings. The molecule has 1 fully saturated rings. The molecule has 2 aromatic carbocycles. The van der Waals surface area contributed by atoms with Crippen molar-refractivity contribution in [3.63, 3.8) is 0 Å². The maximum Gasteiger partial charge on any atom is 0.274 e. The van der Waals surface area contributed by atoms with Gasteiger partial charge in [-0.1, -0.05) is 23.2 Å². The number of hydrogen-bond acceptors (Lipinski definition) is 5. The third-order valence-electron chi connectivity index (χ3n) is 6.57. The third kappa shape index (κ3) is 4.80. The monoisotopic (exact) mass is 531 g/mol. The molecule has 1 aromatic heterocycles. The van der Waals surface area contributed by atoms with Gasteiger partial charge in [-0.2, -0.15) is 5.10 Å². The SMILES string of the molecule is CO.COc1cc2c(cc1C1CC1)-c1c(c(C(=O)N(C)C(C)(C)C)nn1-c1cc(Cl)cc(Cl)c1)CO2. The molecule has 0 atom stereocenters. The molecule has 0 spiro atoms. The second-order valence-electron chi connectivity index (χ2n) is 9.90. The maximum absolute atomic E-state index is 13.6. The molecule has 192 valence electrons. The molecule has 0 radical (unpaired) electrons. The first-order chi connectivity index (χ1) is 17.1. The van der Waals surface area contributed by atoms with Crippen LogP contribution in [-0.2, 0) is 6.61 Å². The number of amides is 1. The van der Waals surface area contributed by atoms with E-state index in [4.69, 9.17) is 42.9 Å². The van der Waals surface area contributed by atoms with Crippen LogP contribution in [-0.4, -0.2) is 52.5 Å². The molecule has 7 nitrogen and oxygen atoms in total. The molecule has 9 heteroatoms. The highest BCUT2D eigenvalue weighted by Gasteiger charge is 2.36. The Balaban J connectivity index is 0.00000148. The van der Waals surface area contributed by atoms with Gasteiger partial charge in [0.05, 0.1) is 18.5 Å². The van der Waals surface area contributed by atoms with E-state index < -0.39 is 0 Å². The summed E-state index contributed by atoms with van der Waals surface area (Å²) < 4.78 is 13.6. The smallest absolute Gasteiger partial charge is 0.274 e. The topological polar surface area (TPSA) is 76.8 Å². The summed E-state index contributed by atoms with van der Waals surface area (Å²) in [5, 5.41) is 12.8. The predicted molar refractivity (Wildman–Crippen MR) is 142 cm³/mol. The number of benzene rings is 2. The first-order valence-electron chi connectivity index (χ1n) is 11.7. The summed E-state index contributed by atoms with van der Waals surface area (Å²) in [4.78, 5) is 15.3. The van der Waals surface area contributed by atoms with Crippen LogP contribution in [0.2, 0.25) is 10.0 Å². The van der Waals surface area contributed by atoms with Crippen molar-refractivity contribution >= 4 is 29.1 Å². The minimum absolute atomic E-state index is 0.168. The van der Waals surface area contributed by atoms with E-state index in [1.807, 2.05) is 26.8 Å². The Bertz CT molecular complexity index is 1290. The number of halogens is 2. The summed E-state index contributed by atoms with van der Waals surface area (Å²) in [6, 6.07) is 9.33. The van der Waals surface area contributed by atoms with Gasteiger partial charge in [0.15, 0.2) is 5.69 Å². The van der Waals surface area contributed by atoms with Crippen molar-refractivity contribution in [2.24, 2.45) is 0 Å². The Labute approximate surface area is 221 Å². The largest absolute Gasteiger partial charge is 0.496 e. The highest BCUT2D eigenvalue weighted by atomic mass is 35.5. The molecule has 1 amide bonds. The van der Waals surface area contributed by atoms with Crippen LogP contribution in [0, 0.1) is 0 Å². The lowest BCUT2D eigenvalue weighted by atomic mass is 9.97. The van der Waals surface area contributed by atoms with Crippen LogP contribution in [0.4, 0.5) is 0 Å². The Hall–Kier alpha value is -2.74. The average Bonchev–Trinajstić information content (AvgIpc) is 3.61. The zero-order chi connectivity index (χ0) is 26.4. The zero-order valence-corrected chi connectivity index (χ0v) is 22.9. The fourth-order valence-electron chi connectivity index (χ4n) is 4.27. The normalized spacial score (nSPS) is 14.1. The number of methoxy groups -OCH3 is 1. The van der Waals surface area contributed by atoms with E-state index in [9.17, 15) is 4.79 Å². The Morgan fingerprint density at radius 2 is 1.78 bits per heavy atom. The summed E-state index contributed by atoms with van der Waals surface area (Å²) in [6.07, 6.45) is 2.26. The van der Waals surface area contributed by atoms with Crippen LogP contribution in [0.15, 0.2) is 30.3 Å². The fourth-order valence-corrected chi connectivity index (χ4v) is 4.78. The summed E-state index contributed by atoms with van der Waals surface area (Å²) in [5.41, 5.74) is 4.26. The molecule has 36 heavy (non-hydrogen) atoms. The number of nitrogens with zero attached hydrogens (tertiary/aromatic N) is 3. The van der Waals surface area contributed by atoms with E-state index in [-0.39, 0.29) is 18.1 Å². The van der Waals surface area contributed by atoms with E-state index in [0.29, 0.717) is 33.1 Å². The minimum atomic E-state index is -0.368. The highest BCUT2D eigenvalue weighted by molar-refractivity contribution is 6.34. The first kappa shape index (κ1) is 26.3. The second kappa shape index (κ2) is 9.96. The molecule has 0 unspecified atom stereocenters. The number of carbonyl (C=O) groups excluding carboxylic acids is 1. The molecule has 1 N–H and O–H groups in total. The second-order valence-corrected chi connectivity index (χ2v) is 10.8. The van der Waals surface area contributed by atoms with Crippen molar-refractivity contribution in [3.8, 4) is 28.4 Å². The molecule has 5 rings (SSSR count). The lowest BCUT2D eigenvalue weighted by molar-refractivity contribution is 0.0646. The minimum Gasteiger partial charge on any atom is -0.496 e. The van der Waals surface area contributed by atoms with Gasteiger partial charge in [-0.25, -0.2) is 4.68 Å². The number of aliphatic hydroxyl groups is 1. The van der Waals surface area contributed by atoms with E-state index in [2.05, 4.69) is 6.07 Å². The molecule has 2 aliphatic rings. The Morgan fingerprint density at radius 3 is 2.33 bits per heavy atom. The van der Waals surface area contributed by atoms with Gasteiger partial charge >= 0.3 is 0 Å². The van der Waals surface area contributed by atoms with E-state index in [1.165, 1.54) is 0 Å². The summed E-state index contributed by atoms with van der Waals surface area (Å²) in [5.74, 6) is 1.82. The number of rotatable bonds is 4. The van der Waals surface area contributed by atoms with Crippen molar-refractivity contribution in [2.45, 2.75) is 51.7 Å². The van der Waals surface area contributed by atoms with Gasteiger partial charge < -0.3 is 19.5 Å². The van der Waals surface area contributed by atoms with E-state index in [1.54, 1.807) is 41.9 Å². The molecular formula is C27H31Cl2N3O4. The van der Waals surface area contributed by atoms with Crippen molar-refractivity contribution in [1.29, 1.82) is 0 Å². The quantitative estimate of drug-likeness (QED) is 0.439. The van der Waals surface area contributed by atoms with Crippen LogP contribution < -0.4 is 9.47 Å². The summed E-state index contributed by atoms with van der Waals surface area (Å²) in [6.45, 7) is 6.20. The van der Waals surface area contributed by atoms with Crippen molar-refractivity contribution in [1.82, 2.24) is 14.7 Å². The number of aromatic nitrogens is 2. The van der Waals surface area contributed by atoms with Crippen LogP contribution in [0.25, 0.3) is 16.9 Å². The van der Waals surface area contributed by atoms with Gasteiger partial charge in [-0.05, 0) is 69.4 Å². The maximum atomic E-state index is 13.6. The standard InChI is InChI=1S/C26H27Cl2N3O3.CH4O/c1-26(2,3)30(4)25(32)23-20-13-34-22-12-21(33-5)18(14-6-7-14)11-19(22)24(20)31(29-23)17-9-15(27)8-16(28)10-17;1-2/h8-12,14H,6-7,13H2,1-5H3;2H,1H3. The van der Waals surface area contributed by atoms with E-state index >= 15 is 0 Å². The van der Waals surface area contributed by atoms with Crippen molar-refractivity contribution in [2.75, 3.05) is 21.3 Å². The van der Waals surface area contributed by atoms with Gasteiger partial charge in [0.2, 0.25) is 0 Å². The lowest BCUT2D eigenvalue weighted by Gasteiger charge is -2.31. The Kier molecular flexibility index (Phi) is 7.28. The van der Waals surface area contributed by atoms with Crippen LogP contribution >= 0.6 is 23.2 Å². The van der Waals surface area contributed by atoms with Crippen LogP contribution in [0.3, 0.4) is 0 Å².